The van der Waals surface area contributed by atoms with Gasteiger partial charge in [-0.15, -0.1) is 0 Å². The van der Waals surface area contributed by atoms with E-state index in [4.69, 9.17) is 18.6 Å². The van der Waals surface area contributed by atoms with E-state index in [1.807, 2.05) is 38.1 Å². The second-order valence-corrected chi connectivity index (χ2v) is 7.97. The van der Waals surface area contributed by atoms with Gasteiger partial charge >= 0.3 is 5.63 Å². The van der Waals surface area contributed by atoms with Crippen molar-refractivity contribution in [3.63, 3.8) is 0 Å². The molecule has 0 amide bonds. The van der Waals surface area contributed by atoms with Crippen molar-refractivity contribution >= 4 is 11.0 Å². The minimum Gasteiger partial charge on any atom is -0.497 e. The molecule has 0 fully saturated rings. The number of fused-ring (bicyclic) bond motifs is 2. The monoisotopic (exact) mass is 394 g/mol. The minimum absolute atomic E-state index is 0.0426. The molecule has 1 aliphatic heterocycles. The zero-order chi connectivity index (χ0) is 20.4. The largest absolute Gasteiger partial charge is 0.497 e. The van der Waals surface area contributed by atoms with Gasteiger partial charge in [0.15, 0.2) is 0 Å². The van der Waals surface area contributed by atoms with Crippen molar-refractivity contribution in [2.45, 2.75) is 44.8 Å². The van der Waals surface area contributed by atoms with Crippen molar-refractivity contribution < 1.29 is 18.6 Å². The van der Waals surface area contributed by atoms with Crippen LogP contribution in [0.3, 0.4) is 0 Å². The predicted octanol–water partition coefficient (Wildman–Crippen LogP) is 4.53. The second kappa shape index (κ2) is 7.91. The fourth-order valence-electron chi connectivity index (χ4n) is 3.75. The van der Waals surface area contributed by atoms with Gasteiger partial charge in [-0.05, 0) is 62.1 Å². The summed E-state index contributed by atoms with van der Waals surface area (Å²) in [6.45, 7) is 4.74. The molecule has 2 heterocycles. The van der Waals surface area contributed by atoms with Crippen LogP contribution in [-0.4, -0.2) is 25.4 Å². The van der Waals surface area contributed by atoms with E-state index in [-0.39, 0.29) is 11.7 Å². The molecule has 1 atom stereocenters. The highest BCUT2D eigenvalue weighted by Gasteiger charge is 2.38. The Bertz CT molecular complexity index is 1050. The number of hydrogen-bond donors (Lipinski definition) is 0. The standard InChI is InChI=1S/C24H26O5/c1-24(2)22(27-12-4-5-16-6-9-19(26-3)10-7-16)14-18-13-17-8-11-23(25)28-20(17)15-21(18)29-24/h6-11,13,15,22H,4-5,12,14H2,1-3H3/t22-/m0/s1. The number of methoxy groups -OCH3 is 1. The molecule has 3 aromatic rings. The van der Waals surface area contributed by atoms with E-state index < -0.39 is 5.60 Å². The van der Waals surface area contributed by atoms with E-state index in [1.165, 1.54) is 11.6 Å². The summed E-state index contributed by atoms with van der Waals surface area (Å²) < 4.78 is 22.9. The SMILES string of the molecule is COc1ccc(CCCO[C@H]2Cc3cc4ccc(=O)oc4cc3OC2(C)C)cc1. The Morgan fingerprint density at radius 3 is 2.66 bits per heavy atom. The topological polar surface area (TPSA) is 57.9 Å². The van der Waals surface area contributed by atoms with Crippen LogP contribution in [0.4, 0.5) is 0 Å². The van der Waals surface area contributed by atoms with Gasteiger partial charge in [-0.1, -0.05) is 12.1 Å². The van der Waals surface area contributed by atoms with Gasteiger partial charge in [0.25, 0.3) is 0 Å². The molecule has 5 nitrogen and oxygen atoms in total. The van der Waals surface area contributed by atoms with Gasteiger partial charge in [-0.25, -0.2) is 4.79 Å². The van der Waals surface area contributed by atoms with Crippen molar-refractivity contribution in [3.8, 4) is 11.5 Å². The molecule has 1 aromatic heterocycles. The lowest BCUT2D eigenvalue weighted by Gasteiger charge is -2.39. The quantitative estimate of drug-likeness (QED) is 0.454. The maximum absolute atomic E-state index is 11.5. The van der Waals surface area contributed by atoms with Crippen molar-refractivity contribution in [2.24, 2.45) is 0 Å². The van der Waals surface area contributed by atoms with Gasteiger partial charge in [0, 0.05) is 30.5 Å². The summed E-state index contributed by atoms with van der Waals surface area (Å²) in [4.78, 5) is 11.5. The van der Waals surface area contributed by atoms with Gasteiger partial charge in [-0.3, -0.25) is 0 Å². The molecule has 0 unspecified atom stereocenters. The lowest BCUT2D eigenvalue weighted by atomic mass is 9.90. The van der Waals surface area contributed by atoms with Gasteiger partial charge < -0.3 is 18.6 Å². The lowest BCUT2D eigenvalue weighted by Crippen LogP contribution is -2.48. The van der Waals surface area contributed by atoms with E-state index in [2.05, 4.69) is 12.1 Å². The Hall–Kier alpha value is -2.79. The molecule has 29 heavy (non-hydrogen) atoms. The molecule has 0 bridgehead atoms. The van der Waals surface area contributed by atoms with Crippen LogP contribution in [0.1, 0.15) is 31.4 Å². The average molecular weight is 394 g/mol. The zero-order valence-electron chi connectivity index (χ0n) is 17.1. The van der Waals surface area contributed by atoms with Crippen molar-refractivity contribution in [3.05, 3.63) is 70.1 Å². The third-order valence-electron chi connectivity index (χ3n) is 5.44. The maximum atomic E-state index is 11.5. The van der Waals surface area contributed by atoms with Gasteiger partial charge in [0.2, 0.25) is 0 Å². The van der Waals surface area contributed by atoms with Gasteiger partial charge in [0.1, 0.15) is 28.8 Å². The van der Waals surface area contributed by atoms with Crippen molar-refractivity contribution in [1.29, 1.82) is 0 Å². The van der Waals surface area contributed by atoms with E-state index in [9.17, 15) is 4.79 Å². The Morgan fingerprint density at radius 1 is 1.10 bits per heavy atom. The van der Waals surface area contributed by atoms with Crippen LogP contribution in [-0.2, 0) is 17.6 Å². The molecule has 1 aliphatic rings. The van der Waals surface area contributed by atoms with Crippen LogP contribution in [0, 0.1) is 0 Å². The summed E-state index contributed by atoms with van der Waals surface area (Å²) in [5.74, 6) is 1.63. The Balaban J connectivity index is 1.40. The van der Waals surface area contributed by atoms with Crippen LogP contribution in [0.2, 0.25) is 0 Å². The van der Waals surface area contributed by atoms with Crippen LogP contribution < -0.4 is 15.1 Å². The fourth-order valence-corrected chi connectivity index (χ4v) is 3.75. The normalized spacial score (nSPS) is 17.6. The first-order chi connectivity index (χ1) is 13.9. The third kappa shape index (κ3) is 4.30. The fraction of sp³-hybridized carbons (Fsp3) is 0.375. The summed E-state index contributed by atoms with van der Waals surface area (Å²) in [5, 5.41) is 0.893. The Kier molecular flexibility index (Phi) is 5.33. The summed E-state index contributed by atoms with van der Waals surface area (Å²) in [6, 6.07) is 15.2. The summed E-state index contributed by atoms with van der Waals surface area (Å²) >= 11 is 0. The first-order valence-corrected chi connectivity index (χ1v) is 9.95. The van der Waals surface area contributed by atoms with Crippen LogP contribution >= 0.6 is 0 Å². The Morgan fingerprint density at radius 2 is 1.90 bits per heavy atom. The number of hydrogen-bond acceptors (Lipinski definition) is 5. The first kappa shape index (κ1) is 19.5. The highest BCUT2D eigenvalue weighted by molar-refractivity contribution is 5.79. The van der Waals surface area contributed by atoms with Gasteiger partial charge in [-0.2, -0.15) is 0 Å². The molecular weight excluding hydrogens is 368 g/mol. The molecule has 0 radical (unpaired) electrons. The Labute approximate surface area is 170 Å². The smallest absolute Gasteiger partial charge is 0.336 e. The number of rotatable bonds is 6. The third-order valence-corrected chi connectivity index (χ3v) is 5.44. The molecule has 0 saturated carbocycles. The molecule has 0 aliphatic carbocycles. The van der Waals surface area contributed by atoms with E-state index in [1.54, 1.807) is 13.2 Å². The van der Waals surface area contributed by atoms with E-state index in [0.717, 1.165) is 41.7 Å². The summed E-state index contributed by atoms with van der Waals surface area (Å²) in [7, 11) is 1.67. The molecule has 0 N–H and O–H groups in total. The molecular formula is C24H26O5. The molecule has 5 heteroatoms. The van der Waals surface area contributed by atoms with Gasteiger partial charge in [0.05, 0.1) is 7.11 Å². The van der Waals surface area contributed by atoms with Crippen molar-refractivity contribution in [1.82, 2.24) is 0 Å². The number of aryl methyl sites for hydroxylation is 1. The van der Waals surface area contributed by atoms with Crippen LogP contribution in [0.15, 0.2) is 57.7 Å². The number of benzene rings is 2. The first-order valence-electron chi connectivity index (χ1n) is 9.95. The highest BCUT2D eigenvalue weighted by Crippen LogP contribution is 2.37. The summed E-state index contributed by atoms with van der Waals surface area (Å²) in [5.41, 5.74) is 2.07. The van der Waals surface area contributed by atoms with Crippen LogP contribution in [0.25, 0.3) is 11.0 Å². The maximum Gasteiger partial charge on any atom is 0.336 e. The molecule has 0 spiro atoms. The predicted molar refractivity (Wildman–Crippen MR) is 112 cm³/mol. The molecule has 0 saturated heterocycles. The van der Waals surface area contributed by atoms with Crippen molar-refractivity contribution in [2.75, 3.05) is 13.7 Å². The molecule has 4 rings (SSSR count). The number of ether oxygens (including phenoxy) is 3. The second-order valence-electron chi connectivity index (χ2n) is 7.97. The molecule has 152 valence electrons. The van der Waals surface area contributed by atoms with E-state index >= 15 is 0 Å². The zero-order valence-corrected chi connectivity index (χ0v) is 17.1. The van der Waals surface area contributed by atoms with Crippen LogP contribution in [0.5, 0.6) is 11.5 Å². The minimum atomic E-state index is -0.462. The molecule has 2 aromatic carbocycles. The van der Waals surface area contributed by atoms with E-state index in [0.29, 0.717) is 12.2 Å². The lowest BCUT2D eigenvalue weighted by molar-refractivity contribution is -0.0839. The summed E-state index contributed by atoms with van der Waals surface area (Å²) in [6.07, 6.45) is 2.62. The average Bonchev–Trinajstić information content (AvgIpc) is 2.70. The highest BCUT2D eigenvalue weighted by atomic mass is 16.6.